The van der Waals surface area contributed by atoms with Gasteiger partial charge in [-0.15, -0.1) is 0 Å². The molecule has 2 rings (SSSR count). The Bertz CT molecular complexity index is 523. The van der Waals surface area contributed by atoms with Gasteiger partial charge in [-0.05, 0) is 12.1 Å². The maximum atomic E-state index is 10.8. The molecule has 0 radical (unpaired) electrons. The molecule has 104 valence electrons. The van der Waals surface area contributed by atoms with Crippen LogP contribution in [0.4, 0.5) is 0 Å². The molecule has 1 aromatic carbocycles. The Morgan fingerprint density at radius 2 is 2.26 bits per heavy atom. The smallest absolute Gasteiger partial charge is 0.211 e. The number of benzene rings is 1. The van der Waals surface area contributed by atoms with Gasteiger partial charge in [0.2, 0.25) is 12.3 Å². The van der Waals surface area contributed by atoms with Crippen LogP contribution in [0.2, 0.25) is 10.0 Å². The monoisotopic (exact) mass is 305 g/mol. The molecule has 1 aliphatic rings. The standard InChI is InChI=1S/C12H13Cl2NO4/c1-12(18-2)5-7(6-15(16)17)9-3-8(13)4-10(14)11(9)19-12/h3-4,7H,5-6H2,1-2H3/t7-,12-/m1/s1. The summed E-state index contributed by atoms with van der Waals surface area (Å²) in [6.45, 7) is 1.51. The molecular weight excluding hydrogens is 293 g/mol. The molecule has 0 amide bonds. The summed E-state index contributed by atoms with van der Waals surface area (Å²) in [5.41, 5.74) is 0.656. The molecule has 0 saturated carbocycles. The average Bonchev–Trinajstić information content (AvgIpc) is 2.30. The van der Waals surface area contributed by atoms with Gasteiger partial charge in [0.05, 0.1) is 10.9 Å². The van der Waals surface area contributed by atoms with Gasteiger partial charge in [-0.25, -0.2) is 0 Å². The van der Waals surface area contributed by atoms with Crippen LogP contribution in [0, 0.1) is 10.1 Å². The third-order valence-corrected chi connectivity index (χ3v) is 3.71. The quantitative estimate of drug-likeness (QED) is 0.633. The Balaban J connectivity index is 2.49. The fraction of sp³-hybridized carbons (Fsp3) is 0.500. The lowest BCUT2D eigenvalue weighted by Crippen LogP contribution is -2.41. The van der Waals surface area contributed by atoms with E-state index in [-0.39, 0.29) is 17.4 Å². The summed E-state index contributed by atoms with van der Waals surface area (Å²) in [6, 6.07) is 3.21. The zero-order valence-electron chi connectivity index (χ0n) is 10.5. The number of nitrogens with zero attached hydrogens (tertiary/aromatic N) is 1. The van der Waals surface area contributed by atoms with E-state index in [0.717, 1.165) is 0 Å². The molecule has 0 saturated heterocycles. The molecule has 2 atom stereocenters. The topological polar surface area (TPSA) is 61.6 Å². The van der Waals surface area contributed by atoms with Crippen LogP contribution in [0.1, 0.15) is 24.8 Å². The van der Waals surface area contributed by atoms with Crippen molar-refractivity contribution in [3.8, 4) is 5.75 Å². The van der Waals surface area contributed by atoms with E-state index in [1.807, 2.05) is 0 Å². The molecule has 1 aliphatic heterocycles. The second-order valence-corrected chi connectivity index (χ2v) is 5.51. The highest BCUT2D eigenvalue weighted by Gasteiger charge is 2.40. The molecule has 0 aromatic heterocycles. The number of rotatable bonds is 3. The van der Waals surface area contributed by atoms with Crippen LogP contribution in [0.25, 0.3) is 0 Å². The van der Waals surface area contributed by atoms with E-state index >= 15 is 0 Å². The third kappa shape index (κ3) is 2.94. The van der Waals surface area contributed by atoms with Gasteiger partial charge < -0.3 is 9.47 Å². The van der Waals surface area contributed by atoms with E-state index in [1.54, 1.807) is 19.1 Å². The number of fused-ring (bicyclic) bond motifs is 1. The van der Waals surface area contributed by atoms with Crippen molar-refractivity contribution in [2.75, 3.05) is 13.7 Å². The second kappa shape index (κ2) is 5.15. The van der Waals surface area contributed by atoms with Crippen molar-refractivity contribution in [1.82, 2.24) is 0 Å². The Hall–Kier alpha value is -1.04. The number of halogens is 2. The van der Waals surface area contributed by atoms with E-state index < -0.39 is 5.79 Å². The van der Waals surface area contributed by atoms with E-state index in [0.29, 0.717) is 27.8 Å². The molecule has 0 aliphatic carbocycles. The molecule has 1 heterocycles. The molecule has 0 unspecified atom stereocenters. The van der Waals surface area contributed by atoms with Crippen LogP contribution in [-0.2, 0) is 4.74 Å². The van der Waals surface area contributed by atoms with Crippen LogP contribution in [0.5, 0.6) is 5.75 Å². The first kappa shape index (κ1) is 14.4. The van der Waals surface area contributed by atoms with Crippen molar-refractivity contribution in [3.05, 3.63) is 37.9 Å². The van der Waals surface area contributed by atoms with E-state index in [1.165, 1.54) is 7.11 Å². The second-order valence-electron chi connectivity index (χ2n) is 4.66. The highest BCUT2D eigenvalue weighted by atomic mass is 35.5. The first-order valence-corrected chi connectivity index (χ1v) is 6.45. The van der Waals surface area contributed by atoms with Gasteiger partial charge in [0.1, 0.15) is 5.75 Å². The van der Waals surface area contributed by atoms with Crippen LogP contribution < -0.4 is 4.74 Å². The van der Waals surface area contributed by atoms with Gasteiger partial charge in [0.15, 0.2) is 0 Å². The molecule has 0 bridgehead atoms. The van der Waals surface area contributed by atoms with Crippen LogP contribution in [0.15, 0.2) is 12.1 Å². The first-order chi connectivity index (χ1) is 8.84. The predicted molar refractivity (Wildman–Crippen MR) is 71.7 cm³/mol. The SMILES string of the molecule is CO[C@@]1(C)C[C@H](C[N+](=O)[O-])c2cc(Cl)cc(Cl)c2O1. The third-order valence-electron chi connectivity index (χ3n) is 3.21. The van der Waals surface area contributed by atoms with Gasteiger partial charge >= 0.3 is 0 Å². The average molecular weight is 306 g/mol. The molecule has 0 spiro atoms. The summed E-state index contributed by atoms with van der Waals surface area (Å²) in [6.07, 6.45) is 0.369. The maximum absolute atomic E-state index is 10.8. The van der Waals surface area contributed by atoms with Crippen LogP contribution in [-0.4, -0.2) is 24.4 Å². The summed E-state index contributed by atoms with van der Waals surface area (Å²) in [7, 11) is 1.50. The van der Waals surface area contributed by atoms with Gasteiger partial charge in [0.25, 0.3) is 0 Å². The minimum Gasteiger partial charge on any atom is -0.461 e. The molecule has 0 fully saturated rings. The Kier molecular flexibility index (Phi) is 3.90. The predicted octanol–water partition coefficient (Wildman–Crippen LogP) is 3.50. The molecular formula is C12H13Cl2NO4. The maximum Gasteiger partial charge on any atom is 0.211 e. The lowest BCUT2D eigenvalue weighted by molar-refractivity contribution is -0.485. The zero-order chi connectivity index (χ0) is 14.2. The van der Waals surface area contributed by atoms with Crippen molar-refractivity contribution < 1.29 is 14.4 Å². The van der Waals surface area contributed by atoms with Crippen LogP contribution in [0.3, 0.4) is 0 Å². The van der Waals surface area contributed by atoms with E-state index in [2.05, 4.69) is 0 Å². The Labute approximate surface area is 120 Å². The number of methoxy groups -OCH3 is 1. The highest BCUT2D eigenvalue weighted by Crippen LogP contribution is 2.46. The minimum atomic E-state index is -0.925. The van der Waals surface area contributed by atoms with Crippen molar-refractivity contribution in [3.63, 3.8) is 0 Å². The Morgan fingerprint density at radius 3 is 2.84 bits per heavy atom. The van der Waals surface area contributed by atoms with Crippen molar-refractivity contribution in [2.45, 2.75) is 25.0 Å². The summed E-state index contributed by atoms with van der Waals surface area (Å²) in [5.74, 6) is -0.862. The summed E-state index contributed by atoms with van der Waals surface area (Å²) in [4.78, 5) is 10.4. The number of hydrogen-bond donors (Lipinski definition) is 0. The zero-order valence-corrected chi connectivity index (χ0v) is 12.0. The van der Waals surface area contributed by atoms with Gasteiger partial charge in [-0.2, -0.15) is 0 Å². The molecule has 5 nitrogen and oxygen atoms in total. The summed E-state index contributed by atoms with van der Waals surface area (Å²) >= 11 is 12.0. The lowest BCUT2D eigenvalue weighted by Gasteiger charge is -2.37. The molecule has 1 aromatic rings. The fourth-order valence-corrected chi connectivity index (χ4v) is 2.82. The lowest BCUT2D eigenvalue weighted by atomic mass is 9.88. The normalized spacial score (nSPS) is 25.6. The highest BCUT2D eigenvalue weighted by molar-refractivity contribution is 6.35. The number of nitro groups is 1. The van der Waals surface area contributed by atoms with Gasteiger partial charge in [-0.3, -0.25) is 10.1 Å². The molecule has 0 N–H and O–H groups in total. The van der Waals surface area contributed by atoms with Crippen molar-refractivity contribution >= 4 is 23.2 Å². The molecule has 19 heavy (non-hydrogen) atoms. The largest absolute Gasteiger partial charge is 0.461 e. The summed E-state index contributed by atoms with van der Waals surface area (Å²) in [5, 5.41) is 11.6. The van der Waals surface area contributed by atoms with Gasteiger partial charge in [-0.1, -0.05) is 23.2 Å². The summed E-state index contributed by atoms with van der Waals surface area (Å²) < 4.78 is 11.0. The van der Waals surface area contributed by atoms with Crippen LogP contribution >= 0.6 is 23.2 Å². The van der Waals surface area contributed by atoms with Crippen molar-refractivity contribution in [2.24, 2.45) is 0 Å². The number of ether oxygens (including phenoxy) is 2. The fourth-order valence-electron chi connectivity index (χ4n) is 2.27. The van der Waals surface area contributed by atoms with E-state index in [4.69, 9.17) is 32.7 Å². The Morgan fingerprint density at radius 1 is 1.58 bits per heavy atom. The first-order valence-electron chi connectivity index (χ1n) is 5.69. The minimum absolute atomic E-state index is 0.216. The molecule has 7 heteroatoms. The van der Waals surface area contributed by atoms with Gasteiger partial charge in [0, 0.05) is 36.0 Å². The van der Waals surface area contributed by atoms with E-state index in [9.17, 15) is 10.1 Å². The number of hydrogen-bond acceptors (Lipinski definition) is 4. The van der Waals surface area contributed by atoms with Crippen molar-refractivity contribution in [1.29, 1.82) is 0 Å².